The molecule has 0 saturated heterocycles. The number of hydrogen-bond donors (Lipinski definition) is 1. The Morgan fingerprint density at radius 1 is 1.03 bits per heavy atom. The first-order valence-electron chi connectivity index (χ1n) is 8.89. The lowest BCUT2D eigenvalue weighted by molar-refractivity contribution is -0.141. The molecule has 0 atom stereocenters. The van der Waals surface area contributed by atoms with Gasteiger partial charge in [0.05, 0.1) is 11.4 Å². The minimum Gasteiger partial charge on any atom is -0.325 e. The van der Waals surface area contributed by atoms with Gasteiger partial charge in [0.25, 0.3) is 0 Å². The van der Waals surface area contributed by atoms with Crippen LogP contribution in [0.4, 0.5) is 18.9 Å². The molecule has 1 amide bonds. The number of amides is 1. The van der Waals surface area contributed by atoms with Gasteiger partial charge in [-0.2, -0.15) is 13.2 Å². The molecule has 8 heteroatoms. The van der Waals surface area contributed by atoms with Gasteiger partial charge in [-0.05, 0) is 24.1 Å². The van der Waals surface area contributed by atoms with Crippen LogP contribution in [0.15, 0.2) is 65.8 Å². The van der Waals surface area contributed by atoms with Gasteiger partial charge in [0.2, 0.25) is 5.91 Å². The first-order chi connectivity index (χ1) is 13.9. The second-order valence-electron chi connectivity index (χ2n) is 6.13. The Hall–Kier alpha value is -2.87. The zero-order valence-electron chi connectivity index (χ0n) is 15.5. The molecule has 0 bridgehead atoms. The number of nitrogens with one attached hydrogen (secondary N) is 1. The zero-order valence-corrected chi connectivity index (χ0v) is 16.3. The topological polar surface area (TPSA) is 54.9 Å². The first-order valence-corrected chi connectivity index (χ1v) is 9.87. The lowest BCUT2D eigenvalue weighted by atomic mass is 10.1. The highest BCUT2D eigenvalue weighted by Crippen LogP contribution is 2.32. The largest absolute Gasteiger partial charge is 0.433 e. The molecule has 3 aromatic rings. The van der Waals surface area contributed by atoms with Crippen molar-refractivity contribution >= 4 is 23.4 Å². The van der Waals surface area contributed by atoms with Gasteiger partial charge in [-0.15, -0.1) is 0 Å². The van der Waals surface area contributed by atoms with Crippen LogP contribution in [0.2, 0.25) is 0 Å². The summed E-state index contributed by atoms with van der Waals surface area (Å²) in [6.07, 6.45) is -3.86. The fourth-order valence-corrected chi connectivity index (χ4v) is 3.32. The first kappa shape index (κ1) is 20.9. The second-order valence-corrected chi connectivity index (χ2v) is 7.07. The predicted molar refractivity (Wildman–Crippen MR) is 108 cm³/mol. The molecule has 0 aliphatic heterocycles. The van der Waals surface area contributed by atoms with Gasteiger partial charge in [-0.25, -0.2) is 9.97 Å². The molecule has 2 aromatic carbocycles. The van der Waals surface area contributed by atoms with E-state index in [0.29, 0.717) is 11.3 Å². The Bertz CT molecular complexity index is 994. The molecule has 1 aromatic heterocycles. The number of alkyl halides is 3. The summed E-state index contributed by atoms with van der Waals surface area (Å²) in [5.74, 6) is -0.439. The molecule has 0 spiro atoms. The van der Waals surface area contributed by atoms with E-state index < -0.39 is 11.9 Å². The number of aryl methyl sites for hydroxylation is 1. The summed E-state index contributed by atoms with van der Waals surface area (Å²) in [4.78, 5) is 20.1. The summed E-state index contributed by atoms with van der Waals surface area (Å²) in [6.45, 7) is 1.97. The Balaban J connectivity index is 1.78. The van der Waals surface area contributed by atoms with Crippen LogP contribution < -0.4 is 5.32 Å². The number of nitrogens with zero attached hydrogens (tertiary/aromatic N) is 2. The van der Waals surface area contributed by atoms with Gasteiger partial charge in [0.1, 0.15) is 5.69 Å². The van der Waals surface area contributed by atoms with Crippen LogP contribution in [0.1, 0.15) is 18.2 Å². The highest BCUT2D eigenvalue weighted by atomic mass is 32.2. The lowest BCUT2D eigenvalue weighted by Crippen LogP contribution is -2.16. The van der Waals surface area contributed by atoms with E-state index in [1.165, 1.54) is 0 Å². The van der Waals surface area contributed by atoms with Crippen molar-refractivity contribution < 1.29 is 18.0 Å². The third kappa shape index (κ3) is 5.57. The average molecular weight is 417 g/mol. The van der Waals surface area contributed by atoms with Crippen molar-refractivity contribution in [1.82, 2.24) is 9.97 Å². The summed E-state index contributed by atoms with van der Waals surface area (Å²) in [5.41, 5.74) is 1.34. The molecule has 0 aliphatic rings. The third-order valence-corrected chi connectivity index (χ3v) is 4.92. The molecule has 0 radical (unpaired) electrons. The van der Waals surface area contributed by atoms with E-state index in [-0.39, 0.29) is 22.5 Å². The molecule has 29 heavy (non-hydrogen) atoms. The maximum atomic E-state index is 13.3. The number of hydrogen-bond acceptors (Lipinski definition) is 4. The van der Waals surface area contributed by atoms with Gasteiger partial charge in [-0.3, -0.25) is 4.79 Å². The standard InChI is InChI=1S/C21H18F3N3OS/c1-2-14-8-6-7-11-16(14)25-19(28)13-29-20-26-17(15-9-4-3-5-10-15)12-18(27-20)21(22,23)24/h3-12H,2,13H2,1H3,(H,25,28). The van der Waals surface area contributed by atoms with Crippen molar-refractivity contribution in [1.29, 1.82) is 0 Å². The van der Waals surface area contributed by atoms with Crippen molar-refractivity contribution in [2.24, 2.45) is 0 Å². The second kappa shape index (κ2) is 9.09. The van der Waals surface area contributed by atoms with Crippen LogP contribution in [-0.2, 0) is 17.4 Å². The van der Waals surface area contributed by atoms with Crippen LogP contribution in [0.25, 0.3) is 11.3 Å². The molecule has 1 N–H and O–H groups in total. The van der Waals surface area contributed by atoms with Crippen molar-refractivity contribution in [2.45, 2.75) is 24.7 Å². The number of para-hydroxylation sites is 1. The third-order valence-electron chi connectivity index (χ3n) is 4.07. The average Bonchev–Trinajstić information content (AvgIpc) is 2.72. The van der Waals surface area contributed by atoms with Gasteiger partial charge < -0.3 is 5.32 Å². The Morgan fingerprint density at radius 3 is 2.41 bits per heavy atom. The van der Waals surface area contributed by atoms with Crippen molar-refractivity contribution in [2.75, 3.05) is 11.1 Å². The Labute approximate surface area is 170 Å². The maximum Gasteiger partial charge on any atom is 0.433 e. The quantitative estimate of drug-likeness (QED) is 0.428. The number of halogens is 3. The van der Waals surface area contributed by atoms with Crippen LogP contribution in [0, 0.1) is 0 Å². The number of anilines is 1. The summed E-state index contributed by atoms with van der Waals surface area (Å²) >= 11 is 0.866. The number of thioether (sulfide) groups is 1. The summed E-state index contributed by atoms with van der Waals surface area (Å²) in [7, 11) is 0. The van der Waals surface area contributed by atoms with E-state index in [2.05, 4.69) is 15.3 Å². The normalized spacial score (nSPS) is 11.3. The molecule has 0 fully saturated rings. The molecule has 0 aliphatic carbocycles. The number of aromatic nitrogens is 2. The molecule has 4 nitrogen and oxygen atoms in total. The van der Waals surface area contributed by atoms with Gasteiger partial charge in [-0.1, -0.05) is 67.2 Å². The minimum absolute atomic E-state index is 0.0994. The van der Waals surface area contributed by atoms with Gasteiger partial charge in [0, 0.05) is 11.3 Å². The van der Waals surface area contributed by atoms with Crippen LogP contribution >= 0.6 is 11.8 Å². The Morgan fingerprint density at radius 2 is 1.72 bits per heavy atom. The summed E-state index contributed by atoms with van der Waals surface area (Å²) in [6, 6.07) is 16.8. The highest BCUT2D eigenvalue weighted by Gasteiger charge is 2.34. The lowest BCUT2D eigenvalue weighted by Gasteiger charge is -2.11. The monoisotopic (exact) mass is 417 g/mol. The van der Waals surface area contributed by atoms with Gasteiger partial charge >= 0.3 is 6.18 Å². The summed E-state index contributed by atoms with van der Waals surface area (Å²) < 4.78 is 39.8. The van der Waals surface area contributed by atoms with Crippen molar-refractivity contribution in [3.8, 4) is 11.3 Å². The van der Waals surface area contributed by atoms with Gasteiger partial charge in [0.15, 0.2) is 5.16 Å². The van der Waals surface area contributed by atoms with E-state index in [1.54, 1.807) is 36.4 Å². The van der Waals surface area contributed by atoms with E-state index in [0.717, 1.165) is 29.8 Å². The predicted octanol–water partition coefficient (Wildman–Crippen LogP) is 5.46. The van der Waals surface area contributed by atoms with Crippen LogP contribution in [-0.4, -0.2) is 21.6 Å². The number of carbonyl (C=O) groups is 1. The van der Waals surface area contributed by atoms with Crippen LogP contribution in [0.3, 0.4) is 0 Å². The molecule has 150 valence electrons. The number of benzene rings is 2. The summed E-state index contributed by atoms with van der Waals surface area (Å²) in [5, 5.41) is 2.69. The fourth-order valence-electron chi connectivity index (χ4n) is 2.66. The van der Waals surface area contributed by atoms with Crippen LogP contribution in [0.5, 0.6) is 0 Å². The molecule has 0 unspecified atom stereocenters. The fraction of sp³-hybridized carbons (Fsp3) is 0.190. The number of rotatable bonds is 6. The SMILES string of the molecule is CCc1ccccc1NC(=O)CSc1nc(-c2ccccc2)cc(C(F)(F)F)n1. The molecule has 3 rings (SSSR count). The highest BCUT2D eigenvalue weighted by molar-refractivity contribution is 7.99. The van der Waals surface area contributed by atoms with Crippen molar-refractivity contribution in [3.05, 3.63) is 71.9 Å². The molecule has 1 heterocycles. The maximum absolute atomic E-state index is 13.3. The zero-order chi connectivity index (χ0) is 20.9. The number of carbonyl (C=O) groups excluding carboxylic acids is 1. The minimum atomic E-state index is -4.61. The molecular formula is C21H18F3N3OS. The van der Waals surface area contributed by atoms with E-state index in [9.17, 15) is 18.0 Å². The molecule has 0 saturated carbocycles. The smallest absolute Gasteiger partial charge is 0.325 e. The molecular weight excluding hydrogens is 399 g/mol. The Kier molecular flexibility index (Phi) is 6.53. The van der Waals surface area contributed by atoms with E-state index in [4.69, 9.17) is 0 Å². The van der Waals surface area contributed by atoms with E-state index >= 15 is 0 Å². The van der Waals surface area contributed by atoms with Crippen molar-refractivity contribution in [3.63, 3.8) is 0 Å². The van der Waals surface area contributed by atoms with E-state index in [1.807, 2.05) is 25.1 Å².